The maximum absolute atomic E-state index is 12.5. The highest BCUT2D eigenvalue weighted by molar-refractivity contribution is 5.93. The van der Waals surface area contributed by atoms with Gasteiger partial charge in [0.1, 0.15) is 18.1 Å². The highest BCUT2D eigenvalue weighted by atomic mass is 16.4. The Bertz CT molecular complexity index is 678. The maximum Gasteiger partial charge on any atom is 0.326 e. The van der Waals surface area contributed by atoms with E-state index in [4.69, 9.17) is 15.9 Å². The molecule has 0 saturated carbocycles. The monoisotopic (exact) mass is 381 g/mol. The van der Waals surface area contributed by atoms with Crippen LogP contribution in [0.15, 0.2) is 30.3 Å². The number of rotatable bonds is 10. The first-order chi connectivity index (χ1) is 12.6. The molecule has 0 heterocycles. The van der Waals surface area contributed by atoms with Gasteiger partial charge in [-0.3, -0.25) is 14.4 Å². The van der Waals surface area contributed by atoms with Crippen LogP contribution in [-0.4, -0.2) is 63.3 Å². The predicted molar refractivity (Wildman–Crippen MR) is 93.6 cm³/mol. The average Bonchev–Trinajstić information content (AvgIpc) is 2.59. The molecular formula is C17H23N3O7. The third-order valence-electron chi connectivity index (χ3n) is 3.73. The Labute approximate surface area is 155 Å². The molecule has 0 aromatic heterocycles. The molecule has 1 rings (SSSR count). The molecule has 148 valence electrons. The standard InChI is InChI=1S/C17H23N3O7/c1-9(21)14(18)16(25)19-11(7-10-5-3-2-4-6-10)15(24)20-12(17(26)27)8-13(22)23/h2-6,9,11-12,14,21H,7-8,18H2,1H3,(H,19,25)(H,20,24)(H,22,23)(H,26,27)/t9-,11+,12+,14+/m1/s1. The Hall–Kier alpha value is -2.98. The van der Waals surface area contributed by atoms with Gasteiger partial charge in [-0.05, 0) is 12.5 Å². The number of carboxylic acid groups (broad SMARTS) is 2. The van der Waals surface area contributed by atoms with Crippen molar-refractivity contribution in [3.8, 4) is 0 Å². The fourth-order valence-electron chi connectivity index (χ4n) is 2.19. The Morgan fingerprint density at radius 1 is 1.00 bits per heavy atom. The van der Waals surface area contributed by atoms with E-state index in [1.54, 1.807) is 30.3 Å². The molecule has 2 amide bonds. The van der Waals surface area contributed by atoms with Crippen molar-refractivity contribution < 1.29 is 34.5 Å². The highest BCUT2D eigenvalue weighted by Gasteiger charge is 2.30. The molecule has 0 aliphatic carbocycles. The topological polar surface area (TPSA) is 179 Å². The fourth-order valence-corrected chi connectivity index (χ4v) is 2.19. The van der Waals surface area contributed by atoms with Gasteiger partial charge in [0.15, 0.2) is 0 Å². The lowest BCUT2D eigenvalue weighted by atomic mass is 10.0. The number of carbonyl (C=O) groups excluding carboxylic acids is 2. The molecule has 0 spiro atoms. The number of nitrogens with two attached hydrogens (primary N) is 1. The summed E-state index contributed by atoms with van der Waals surface area (Å²) in [6.07, 6.45) is -1.96. The second-order valence-corrected chi connectivity index (χ2v) is 6.01. The molecule has 0 radical (unpaired) electrons. The Balaban J connectivity index is 2.97. The first-order valence-corrected chi connectivity index (χ1v) is 8.14. The molecule has 0 fully saturated rings. The summed E-state index contributed by atoms with van der Waals surface area (Å²) >= 11 is 0. The van der Waals surface area contributed by atoms with Gasteiger partial charge in [-0.15, -0.1) is 0 Å². The number of amides is 2. The second-order valence-electron chi connectivity index (χ2n) is 6.01. The number of carbonyl (C=O) groups is 4. The molecule has 0 aliphatic heterocycles. The van der Waals surface area contributed by atoms with Crippen molar-refractivity contribution in [3.05, 3.63) is 35.9 Å². The van der Waals surface area contributed by atoms with Gasteiger partial charge in [0.05, 0.1) is 12.5 Å². The fraction of sp³-hybridized carbons (Fsp3) is 0.412. The lowest BCUT2D eigenvalue weighted by molar-refractivity contribution is -0.147. The third-order valence-corrected chi connectivity index (χ3v) is 3.73. The minimum atomic E-state index is -1.66. The molecule has 0 aliphatic rings. The summed E-state index contributed by atoms with van der Waals surface area (Å²) in [5.41, 5.74) is 6.23. The molecule has 27 heavy (non-hydrogen) atoms. The van der Waals surface area contributed by atoms with Crippen LogP contribution in [-0.2, 0) is 25.6 Å². The lowest BCUT2D eigenvalue weighted by Gasteiger charge is -2.23. The van der Waals surface area contributed by atoms with Gasteiger partial charge in [0, 0.05) is 6.42 Å². The van der Waals surface area contributed by atoms with E-state index in [1.165, 1.54) is 6.92 Å². The molecule has 0 saturated heterocycles. The number of benzene rings is 1. The third kappa shape index (κ3) is 7.42. The second kappa shape index (κ2) is 10.2. The molecule has 10 nitrogen and oxygen atoms in total. The van der Waals surface area contributed by atoms with E-state index >= 15 is 0 Å². The molecule has 10 heteroatoms. The molecule has 1 aromatic rings. The van der Waals surface area contributed by atoms with Crippen LogP contribution in [0.25, 0.3) is 0 Å². The quantitative estimate of drug-likeness (QED) is 0.282. The largest absolute Gasteiger partial charge is 0.481 e. The minimum absolute atomic E-state index is 0.0182. The maximum atomic E-state index is 12.5. The van der Waals surface area contributed by atoms with E-state index < -0.39 is 54.4 Å². The van der Waals surface area contributed by atoms with Crippen LogP contribution in [0.4, 0.5) is 0 Å². The van der Waals surface area contributed by atoms with Crippen molar-refractivity contribution in [2.75, 3.05) is 0 Å². The van der Waals surface area contributed by atoms with Crippen LogP contribution in [0, 0.1) is 0 Å². The van der Waals surface area contributed by atoms with E-state index in [0.29, 0.717) is 5.56 Å². The number of aliphatic hydroxyl groups is 1. The SMILES string of the molecule is C[C@@H](O)[C@H](N)C(=O)N[C@@H](Cc1ccccc1)C(=O)N[C@@H](CC(=O)O)C(=O)O. The zero-order valence-electron chi connectivity index (χ0n) is 14.7. The van der Waals surface area contributed by atoms with Crippen LogP contribution in [0.1, 0.15) is 18.9 Å². The van der Waals surface area contributed by atoms with E-state index in [2.05, 4.69) is 10.6 Å². The lowest BCUT2D eigenvalue weighted by Crippen LogP contribution is -2.57. The number of nitrogens with one attached hydrogen (secondary N) is 2. The first-order valence-electron chi connectivity index (χ1n) is 8.14. The van der Waals surface area contributed by atoms with Crippen molar-refractivity contribution in [1.82, 2.24) is 10.6 Å². The average molecular weight is 381 g/mol. The van der Waals surface area contributed by atoms with E-state index in [9.17, 15) is 24.3 Å². The van der Waals surface area contributed by atoms with Crippen molar-refractivity contribution in [2.45, 2.75) is 44.0 Å². The van der Waals surface area contributed by atoms with Crippen LogP contribution < -0.4 is 16.4 Å². The molecule has 4 atom stereocenters. The van der Waals surface area contributed by atoms with Crippen molar-refractivity contribution >= 4 is 23.8 Å². The predicted octanol–water partition coefficient (Wildman–Crippen LogP) is -1.53. The highest BCUT2D eigenvalue weighted by Crippen LogP contribution is 2.05. The van der Waals surface area contributed by atoms with Crippen LogP contribution in [0.2, 0.25) is 0 Å². The van der Waals surface area contributed by atoms with E-state index in [1.807, 2.05) is 0 Å². The van der Waals surface area contributed by atoms with E-state index in [0.717, 1.165) is 0 Å². The summed E-state index contributed by atoms with van der Waals surface area (Å²) < 4.78 is 0. The Morgan fingerprint density at radius 2 is 1.56 bits per heavy atom. The number of carboxylic acids is 2. The van der Waals surface area contributed by atoms with E-state index in [-0.39, 0.29) is 6.42 Å². The van der Waals surface area contributed by atoms with Gasteiger partial charge in [0.25, 0.3) is 0 Å². The summed E-state index contributed by atoms with van der Waals surface area (Å²) in [6.45, 7) is 1.31. The van der Waals surface area contributed by atoms with Crippen LogP contribution >= 0.6 is 0 Å². The molecular weight excluding hydrogens is 358 g/mol. The zero-order valence-corrected chi connectivity index (χ0v) is 14.7. The summed E-state index contributed by atoms with van der Waals surface area (Å²) in [4.78, 5) is 46.5. The number of hydrogen-bond donors (Lipinski definition) is 6. The summed E-state index contributed by atoms with van der Waals surface area (Å²) in [6, 6.07) is 4.45. The molecule has 1 aromatic carbocycles. The molecule has 0 bridgehead atoms. The Kier molecular flexibility index (Phi) is 8.36. The van der Waals surface area contributed by atoms with Crippen molar-refractivity contribution in [1.29, 1.82) is 0 Å². The van der Waals surface area contributed by atoms with Crippen molar-refractivity contribution in [2.24, 2.45) is 5.73 Å². The smallest absolute Gasteiger partial charge is 0.326 e. The van der Waals surface area contributed by atoms with Gasteiger partial charge in [0.2, 0.25) is 11.8 Å². The summed E-state index contributed by atoms with van der Waals surface area (Å²) in [5, 5.41) is 31.7. The minimum Gasteiger partial charge on any atom is -0.481 e. The van der Waals surface area contributed by atoms with Gasteiger partial charge in [-0.25, -0.2) is 4.79 Å². The summed E-state index contributed by atoms with van der Waals surface area (Å²) in [7, 11) is 0. The van der Waals surface area contributed by atoms with Gasteiger partial charge in [-0.2, -0.15) is 0 Å². The van der Waals surface area contributed by atoms with Gasteiger partial charge in [-0.1, -0.05) is 30.3 Å². The van der Waals surface area contributed by atoms with Crippen LogP contribution in [0.5, 0.6) is 0 Å². The number of hydrogen-bond acceptors (Lipinski definition) is 6. The molecule has 0 unspecified atom stereocenters. The zero-order chi connectivity index (χ0) is 20.6. The van der Waals surface area contributed by atoms with Crippen molar-refractivity contribution in [3.63, 3.8) is 0 Å². The number of aliphatic carboxylic acids is 2. The Morgan fingerprint density at radius 3 is 2.04 bits per heavy atom. The summed E-state index contributed by atoms with van der Waals surface area (Å²) in [5.74, 6) is -4.59. The normalized spacial score (nSPS) is 15.1. The van der Waals surface area contributed by atoms with Crippen LogP contribution in [0.3, 0.4) is 0 Å². The number of aliphatic hydroxyl groups excluding tert-OH is 1. The van der Waals surface area contributed by atoms with Gasteiger partial charge < -0.3 is 31.7 Å². The molecule has 7 N–H and O–H groups in total. The van der Waals surface area contributed by atoms with Gasteiger partial charge >= 0.3 is 11.9 Å². The first kappa shape index (κ1) is 22.1.